The van der Waals surface area contributed by atoms with Crippen LogP contribution in [0.2, 0.25) is 5.02 Å². The lowest BCUT2D eigenvalue weighted by Gasteiger charge is -2.07. The van der Waals surface area contributed by atoms with Crippen molar-refractivity contribution >= 4 is 23.2 Å². The minimum atomic E-state index is -0.363. The maximum Gasteiger partial charge on any atom is 0.291 e. The number of amides is 1. The van der Waals surface area contributed by atoms with Crippen molar-refractivity contribution in [1.82, 2.24) is 0 Å². The van der Waals surface area contributed by atoms with Crippen LogP contribution in [-0.4, -0.2) is 5.91 Å². The lowest BCUT2D eigenvalue weighted by Crippen LogP contribution is -2.11. The molecule has 1 amide bonds. The van der Waals surface area contributed by atoms with E-state index in [9.17, 15) is 9.18 Å². The van der Waals surface area contributed by atoms with E-state index >= 15 is 0 Å². The molecule has 0 bridgehead atoms. The van der Waals surface area contributed by atoms with Gasteiger partial charge in [-0.2, -0.15) is 0 Å². The zero-order chi connectivity index (χ0) is 17.8. The molecular formula is C19H15ClFNO3. The Balaban J connectivity index is 1.62. The molecule has 0 fully saturated rings. The van der Waals surface area contributed by atoms with Crippen molar-refractivity contribution in [3.05, 3.63) is 82.5 Å². The molecule has 0 unspecified atom stereocenters. The number of carbonyl (C=O) groups is 1. The molecule has 0 atom stereocenters. The summed E-state index contributed by atoms with van der Waals surface area (Å²) in [5, 5.41) is 3.38. The van der Waals surface area contributed by atoms with Crippen LogP contribution < -0.4 is 10.1 Å². The summed E-state index contributed by atoms with van der Waals surface area (Å²) in [6.07, 6.45) is 0. The fraction of sp³-hybridized carbons (Fsp3) is 0.105. The van der Waals surface area contributed by atoms with Crippen molar-refractivity contribution in [2.75, 3.05) is 5.32 Å². The summed E-state index contributed by atoms with van der Waals surface area (Å²) in [4.78, 5) is 12.3. The molecule has 0 aliphatic carbocycles. The van der Waals surface area contributed by atoms with Crippen molar-refractivity contribution < 1.29 is 18.3 Å². The van der Waals surface area contributed by atoms with Gasteiger partial charge in [-0.15, -0.1) is 0 Å². The molecule has 3 aromatic rings. The first-order chi connectivity index (χ1) is 12.0. The van der Waals surface area contributed by atoms with E-state index in [1.165, 1.54) is 24.3 Å². The van der Waals surface area contributed by atoms with Gasteiger partial charge in [-0.25, -0.2) is 4.39 Å². The average Bonchev–Trinajstić information content (AvgIpc) is 3.06. The molecule has 25 heavy (non-hydrogen) atoms. The Labute approximate surface area is 149 Å². The highest BCUT2D eigenvalue weighted by Gasteiger charge is 2.13. The molecule has 3 rings (SSSR count). The molecular weight excluding hydrogens is 345 g/mol. The fourth-order valence-corrected chi connectivity index (χ4v) is 2.44. The fourth-order valence-electron chi connectivity index (χ4n) is 2.21. The van der Waals surface area contributed by atoms with E-state index in [0.717, 1.165) is 5.56 Å². The van der Waals surface area contributed by atoms with E-state index in [2.05, 4.69) is 5.32 Å². The molecule has 0 spiro atoms. The van der Waals surface area contributed by atoms with E-state index in [1.807, 2.05) is 6.92 Å². The van der Waals surface area contributed by atoms with Gasteiger partial charge < -0.3 is 14.5 Å². The largest absolute Gasteiger partial charge is 0.486 e. The van der Waals surface area contributed by atoms with E-state index in [1.54, 1.807) is 30.3 Å². The molecule has 0 aliphatic rings. The van der Waals surface area contributed by atoms with E-state index in [4.69, 9.17) is 20.8 Å². The SMILES string of the molecule is Cc1cc(Cl)ccc1NC(=O)c1ccc(COc2ccc(F)cc2)o1. The number of hydrogen-bond donors (Lipinski definition) is 1. The van der Waals surface area contributed by atoms with Crippen LogP contribution >= 0.6 is 11.6 Å². The molecule has 1 heterocycles. The van der Waals surface area contributed by atoms with Gasteiger partial charge in [0.15, 0.2) is 5.76 Å². The summed E-state index contributed by atoms with van der Waals surface area (Å²) in [6.45, 7) is 1.99. The zero-order valence-corrected chi connectivity index (χ0v) is 14.1. The molecule has 0 saturated carbocycles. The minimum absolute atomic E-state index is 0.138. The van der Waals surface area contributed by atoms with Crippen molar-refractivity contribution in [2.45, 2.75) is 13.5 Å². The Kier molecular flexibility index (Phi) is 5.05. The van der Waals surface area contributed by atoms with Gasteiger partial charge in [0.2, 0.25) is 0 Å². The predicted octanol–water partition coefficient (Wildman–Crippen LogP) is 5.21. The summed E-state index contributed by atoms with van der Waals surface area (Å²) >= 11 is 5.90. The van der Waals surface area contributed by atoms with Gasteiger partial charge in [0.05, 0.1) is 0 Å². The van der Waals surface area contributed by atoms with Crippen LogP contribution in [0.1, 0.15) is 21.9 Å². The molecule has 0 radical (unpaired) electrons. The topological polar surface area (TPSA) is 51.5 Å². The van der Waals surface area contributed by atoms with E-state index in [0.29, 0.717) is 22.2 Å². The Morgan fingerprint density at radius 2 is 1.92 bits per heavy atom. The van der Waals surface area contributed by atoms with Crippen molar-refractivity contribution in [2.24, 2.45) is 0 Å². The normalized spacial score (nSPS) is 10.5. The number of halogens is 2. The van der Waals surface area contributed by atoms with Crippen LogP contribution in [0.15, 0.2) is 59.0 Å². The number of carbonyl (C=O) groups excluding carboxylic acids is 1. The zero-order valence-electron chi connectivity index (χ0n) is 13.4. The van der Waals surface area contributed by atoms with Gasteiger partial charge in [-0.1, -0.05) is 11.6 Å². The first-order valence-electron chi connectivity index (χ1n) is 7.56. The second kappa shape index (κ2) is 7.40. The quantitative estimate of drug-likeness (QED) is 0.680. The molecule has 4 nitrogen and oxygen atoms in total. The number of rotatable bonds is 5. The first-order valence-corrected chi connectivity index (χ1v) is 7.93. The Morgan fingerprint density at radius 1 is 1.16 bits per heavy atom. The maximum absolute atomic E-state index is 12.8. The number of hydrogen-bond acceptors (Lipinski definition) is 3. The summed E-state index contributed by atoms with van der Waals surface area (Å²) in [5.41, 5.74) is 1.52. The first kappa shape index (κ1) is 17.0. The number of ether oxygens (including phenoxy) is 1. The molecule has 1 aromatic heterocycles. The Morgan fingerprint density at radius 3 is 2.64 bits per heavy atom. The molecule has 6 heteroatoms. The van der Waals surface area contributed by atoms with Gasteiger partial charge in [0, 0.05) is 10.7 Å². The number of nitrogens with one attached hydrogen (secondary N) is 1. The smallest absolute Gasteiger partial charge is 0.291 e. The Bertz CT molecular complexity index is 890. The van der Waals surface area contributed by atoms with Gasteiger partial charge in [-0.3, -0.25) is 4.79 Å². The summed E-state index contributed by atoms with van der Waals surface area (Å²) in [6, 6.07) is 14.1. The summed E-state index contributed by atoms with van der Waals surface area (Å²) < 4.78 is 23.8. The predicted molar refractivity (Wildman–Crippen MR) is 93.6 cm³/mol. The van der Waals surface area contributed by atoms with E-state index < -0.39 is 0 Å². The van der Waals surface area contributed by atoms with Gasteiger partial charge >= 0.3 is 0 Å². The monoisotopic (exact) mass is 359 g/mol. The van der Waals surface area contributed by atoms with Crippen molar-refractivity contribution in [1.29, 1.82) is 0 Å². The highest BCUT2D eigenvalue weighted by molar-refractivity contribution is 6.30. The standard InChI is InChI=1S/C19H15ClFNO3/c1-12-10-13(20)2-8-17(12)22-19(23)18-9-7-16(25-18)11-24-15-5-3-14(21)4-6-15/h2-10H,11H2,1H3,(H,22,23). The second-order valence-electron chi connectivity index (χ2n) is 5.42. The van der Waals surface area contributed by atoms with Crippen LogP contribution in [0.5, 0.6) is 5.75 Å². The molecule has 128 valence electrons. The van der Waals surface area contributed by atoms with Crippen LogP contribution in [0.3, 0.4) is 0 Å². The number of benzene rings is 2. The third-order valence-corrected chi connectivity index (χ3v) is 3.75. The molecule has 2 aromatic carbocycles. The van der Waals surface area contributed by atoms with E-state index in [-0.39, 0.29) is 24.1 Å². The summed E-state index contributed by atoms with van der Waals surface area (Å²) in [5.74, 6) is 0.482. The van der Waals surface area contributed by atoms with Gasteiger partial charge in [0.25, 0.3) is 5.91 Å². The minimum Gasteiger partial charge on any atom is -0.486 e. The number of furan rings is 1. The van der Waals surface area contributed by atoms with Crippen LogP contribution in [0, 0.1) is 12.7 Å². The third-order valence-electron chi connectivity index (χ3n) is 3.52. The average molecular weight is 360 g/mol. The van der Waals surface area contributed by atoms with Crippen LogP contribution in [0.4, 0.5) is 10.1 Å². The lowest BCUT2D eigenvalue weighted by atomic mass is 10.2. The lowest BCUT2D eigenvalue weighted by molar-refractivity contribution is 0.0992. The van der Waals surface area contributed by atoms with Gasteiger partial charge in [0.1, 0.15) is 23.9 Å². The molecule has 1 N–H and O–H groups in total. The number of aryl methyl sites for hydroxylation is 1. The van der Waals surface area contributed by atoms with Gasteiger partial charge in [-0.05, 0) is 67.1 Å². The van der Waals surface area contributed by atoms with Crippen LogP contribution in [-0.2, 0) is 6.61 Å². The highest BCUT2D eigenvalue weighted by atomic mass is 35.5. The summed E-state index contributed by atoms with van der Waals surface area (Å²) in [7, 11) is 0. The molecule has 0 saturated heterocycles. The van der Waals surface area contributed by atoms with Crippen LogP contribution in [0.25, 0.3) is 0 Å². The number of anilines is 1. The molecule has 0 aliphatic heterocycles. The maximum atomic E-state index is 12.8. The highest BCUT2D eigenvalue weighted by Crippen LogP contribution is 2.21. The van der Waals surface area contributed by atoms with Crippen molar-refractivity contribution in [3.8, 4) is 5.75 Å². The Hall–Kier alpha value is -2.79. The third kappa shape index (κ3) is 4.39. The van der Waals surface area contributed by atoms with Crippen molar-refractivity contribution in [3.63, 3.8) is 0 Å². The second-order valence-corrected chi connectivity index (χ2v) is 5.86.